The zero-order valence-electron chi connectivity index (χ0n) is 16.4. The molecule has 0 bridgehead atoms. The fourth-order valence-electron chi connectivity index (χ4n) is 2.86. The predicted octanol–water partition coefficient (Wildman–Crippen LogP) is 5.48. The second-order valence-electron chi connectivity index (χ2n) is 6.62. The van der Waals surface area contributed by atoms with Crippen LogP contribution in [0.3, 0.4) is 0 Å². The SMILES string of the molecule is Cc1sc(-c2ccccc2)nc1COc1ccc(COc2ncccc2C=O)cc1. The van der Waals surface area contributed by atoms with Crippen LogP contribution in [0.5, 0.6) is 11.6 Å². The normalized spacial score (nSPS) is 10.6. The molecule has 6 heteroatoms. The number of aromatic nitrogens is 2. The zero-order valence-corrected chi connectivity index (χ0v) is 17.3. The molecule has 0 aliphatic heterocycles. The maximum atomic E-state index is 11.0. The molecule has 4 rings (SSSR count). The molecule has 0 atom stereocenters. The number of carbonyl (C=O) groups is 1. The Bertz CT molecular complexity index is 1120. The second kappa shape index (κ2) is 9.33. The highest BCUT2D eigenvalue weighted by atomic mass is 32.1. The van der Waals surface area contributed by atoms with Gasteiger partial charge in [-0.15, -0.1) is 11.3 Å². The van der Waals surface area contributed by atoms with Crippen molar-refractivity contribution in [1.82, 2.24) is 9.97 Å². The smallest absolute Gasteiger partial charge is 0.224 e. The fraction of sp³-hybridized carbons (Fsp3) is 0.125. The fourth-order valence-corrected chi connectivity index (χ4v) is 3.79. The molecule has 0 radical (unpaired) electrons. The lowest BCUT2D eigenvalue weighted by molar-refractivity contribution is 0.111. The van der Waals surface area contributed by atoms with E-state index in [0.717, 1.165) is 38.7 Å². The molecule has 2 aromatic carbocycles. The molecule has 0 amide bonds. The number of aldehydes is 1. The first-order valence-electron chi connectivity index (χ1n) is 9.49. The molecule has 0 N–H and O–H groups in total. The maximum absolute atomic E-state index is 11.0. The van der Waals surface area contributed by atoms with Gasteiger partial charge >= 0.3 is 0 Å². The van der Waals surface area contributed by atoms with Gasteiger partial charge < -0.3 is 9.47 Å². The summed E-state index contributed by atoms with van der Waals surface area (Å²) in [7, 11) is 0. The van der Waals surface area contributed by atoms with Gasteiger partial charge in [0, 0.05) is 16.6 Å². The number of pyridine rings is 1. The highest BCUT2D eigenvalue weighted by Crippen LogP contribution is 2.28. The number of thiazole rings is 1. The van der Waals surface area contributed by atoms with Gasteiger partial charge in [-0.2, -0.15) is 0 Å². The quantitative estimate of drug-likeness (QED) is 0.356. The summed E-state index contributed by atoms with van der Waals surface area (Å²) in [6.45, 7) is 2.81. The highest BCUT2D eigenvalue weighted by molar-refractivity contribution is 7.15. The zero-order chi connectivity index (χ0) is 20.8. The minimum atomic E-state index is 0.323. The van der Waals surface area contributed by atoms with Crippen molar-refractivity contribution in [2.75, 3.05) is 0 Å². The summed E-state index contributed by atoms with van der Waals surface area (Å²) in [5, 5.41) is 1.00. The summed E-state index contributed by atoms with van der Waals surface area (Å²) in [4.78, 5) is 21.0. The average Bonchev–Trinajstić information content (AvgIpc) is 3.18. The van der Waals surface area contributed by atoms with Crippen molar-refractivity contribution in [3.63, 3.8) is 0 Å². The lowest BCUT2D eigenvalue weighted by Gasteiger charge is -2.09. The summed E-state index contributed by atoms with van der Waals surface area (Å²) >= 11 is 1.67. The first kappa shape index (κ1) is 19.8. The number of ether oxygens (including phenoxy) is 2. The molecule has 0 unspecified atom stereocenters. The van der Waals surface area contributed by atoms with E-state index < -0.39 is 0 Å². The molecule has 0 saturated heterocycles. The van der Waals surface area contributed by atoms with Crippen LogP contribution in [0.1, 0.15) is 26.5 Å². The van der Waals surface area contributed by atoms with Gasteiger partial charge in [0.15, 0.2) is 6.29 Å². The van der Waals surface area contributed by atoms with Gasteiger partial charge in [0.2, 0.25) is 5.88 Å². The van der Waals surface area contributed by atoms with E-state index in [0.29, 0.717) is 24.7 Å². The van der Waals surface area contributed by atoms with Gasteiger partial charge in [0.05, 0.1) is 11.3 Å². The van der Waals surface area contributed by atoms with Crippen molar-refractivity contribution in [1.29, 1.82) is 0 Å². The van der Waals surface area contributed by atoms with Crippen LogP contribution in [0, 0.1) is 6.92 Å². The van der Waals surface area contributed by atoms with Gasteiger partial charge in [-0.25, -0.2) is 9.97 Å². The van der Waals surface area contributed by atoms with Gasteiger partial charge in [-0.1, -0.05) is 42.5 Å². The Hall–Kier alpha value is -3.51. The molecule has 0 aliphatic rings. The van der Waals surface area contributed by atoms with Crippen LogP contribution in [0.2, 0.25) is 0 Å². The number of nitrogens with zero attached hydrogens (tertiary/aromatic N) is 2. The Labute approximate surface area is 179 Å². The van der Waals surface area contributed by atoms with E-state index in [1.807, 2.05) is 42.5 Å². The van der Waals surface area contributed by atoms with Crippen LogP contribution < -0.4 is 9.47 Å². The molecule has 30 heavy (non-hydrogen) atoms. The number of carbonyl (C=O) groups excluding carboxylic acids is 1. The molecule has 0 saturated carbocycles. The Morgan fingerprint density at radius 1 is 0.933 bits per heavy atom. The third kappa shape index (κ3) is 4.72. The molecule has 2 heterocycles. The Kier molecular flexibility index (Phi) is 6.15. The van der Waals surface area contributed by atoms with Crippen molar-refractivity contribution in [3.05, 3.63) is 94.6 Å². The van der Waals surface area contributed by atoms with E-state index in [4.69, 9.17) is 14.5 Å². The number of aryl methyl sites for hydroxylation is 1. The monoisotopic (exact) mass is 416 g/mol. The van der Waals surface area contributed by atoms with Gasteiger partial charge in [0.1, 0.15) is 24.0 Å². The van der Waals surface area contributed by atoms with Crippen LogP contribution >= 0.6 is 11.3 Å². The van der Waals surface area contributed by atoms with Gasteiger partial charge in [-0.05, 0) is 36.8 Å². The maximum Gasteiger partial charge on any atom is 0.224 e. The van der Waals surface area contributed by atoms with Crippen LogP contribution in [0.25, 0.3) is 10.6 Å². The van der Waals surface area contributed by atoms with Crippen molar-refractivity contribution < 1.29 is 14.3 Å². The lowest BCUT2D eigenvalue weighted by Crippen LogP contribution is -2.01. The molecule has 150 valence electrons. The molecule has 0 spiro atoms. The average molecular weight is 417 g/mol. The van der Waals surface area contributed by atoms with E-state index >= 15 is 0 Å². The summed E-state index contributed by atoms with van der Waals surface area (Å²) in [6, 6.07) is 21.2. The summed E-state index contributed by atoms with van der Waals surface area (Å²) in [6.07, 6.45) is 2.34. The minimum Gasteiger partial charge on any atom is -0.487 e. The Morgan fingerprint density at radius 2 is 1.73 bits per heavy atom. The molecule has 5 nitrogen and oxygen atoms in total. The van der Waals surface area contributed by atoms with Crippen molar-refractivity contribution in [2.24, 2.45) is 0 Å². The molecular weight excluding hydrogens is 396 g/mol. The lowest BCUT2D eigenvalue weighted by atomic mass is 10.2. The largest absolute Gasteiger partial charge is 0.487 e. The van der Waals surface area contributed by atoms with Crippen molar-refractivity contribution in [2.45, 2.75) is 20.1 Å². The summed E-state index contributed by atoms with van der Waals surface area (Å²) < 4.78 is 11.6. The van der Waals surface area contributed by atoms with Gasteiger partial charge in [-0.3, -0.25) is 4.79 Å². The Balaban J connectivity index is 1.35. The standard InChI is InChI=1S/C24H20N2O3S/c1-17-22(26-24(30-17)19-6-3-2-4-7-19)16-28-21-11-9-18(10-12-21)15-29-23-20(14-27)8-5-13-25-23/h2-14H,15-16H2,1H3. The number of hydrogen-bond acceptors (Lipinski definition) is 6. The predicted molar refractivity (Wildman–Crippen MR) is 117 cm³/mol. The molecule has 0 fully saturated rings. The second-order valence-corrected chi connectivity index (χ2v) is 7.83. The van der Waals surface area contributed by atoms with E-state index in [-0.39, 0.29) is 0 Å². The Morgan fingerprint density at radius 3 is 2.50 bits per heavy atom. The van der Waals surface area contributed by atoms with E-state index in [1.165, 1.54) is 0 Å². The molecule has 4 aromatic rings. The van der Waals surface area contributed by atoms with Crippen LogP contribution in [0.4, 0.5) is 0 Å². The van der Waals surface area contributed by atoms with E-state index in [1.54, 1.807) is 29.7 Å². The number of rotatable bonds is 8. The van der Waals surface area contributed by atoms with Crippen molar-refractivity contribution in [3.8, 4) is 22.2 Å². The van der Waals surface area contributed by atoms with Crippen LogP contribution in [0.15, 0.2) is 72.9 Å². The highest BCUT2D eigenvalue weighted by Gasteiger charge is 2.10. The van der Waals surface area contributed by atoms with Crippen LogP contribution in [-0.2, 0) is 13.2 Å². The number of hydrogen-bond donors (Lipinski definition) is 0. The topological polar surface area (TPSA) is 61.3 Å². The third-order valence-electron chi connectivity index (χ3n) is 4.52. The summed E-state index contributed by atoms with van der Waals surface area (Å²) in [5.74, 6) is 1.10. The first-order valence-corrected chi connectivity index (χ1v) is 10.3. The van der Waals surface area contributed by atoms with Crippen molar-refractivity contribution >= 4 is 17.6 Å². The molecule has 2 aromatic heterocycles. The number of benzene rings is 2. The minimum absolute atomic E-state index is 0.323. The summed E-state index contributed by atoms with van der Waals surface area (Å²) in [5.41, 5.74) is 3.46. The van der Waals surface area contributed by atoms with E-state index in [2.05, 4.69) is 24.0 Å². The molecular formula is C24H20N2O3S. The van der Waals surface area contributed by atoms with Crippen LogP contribution in [-0.4, -0.2) is 16.3 Å². The molecule has 0 aliphatic carbocycles. The third-order valence-corrected chi connectivity index (χ3v) is 5.58. The first-order chi connectivity index (χ1) is 14.7. The van der Waals surface area contributed by atoms with Gasteiger partial charge in [0.25, 0.3) is 0 Å². The van der Waals surface area contributed by atoms with E-state index in [9.17, 15) is 4.79 Å².